The fourth-order valence-corrected chi connectivity index (χ4v) is 4.67. The number of carbonyl (C=O) groups excluding carboxylic acids is 1. The van der Waals surface area contributed by atoms with Crippen molar-refractivity contribution in [1.29, 1.82) is 0 Å². The highest BCUT2D eigenvalue weighted by molar-refractivity contribution is 8.00. The maximum atomic E-state index is 13.0. The number of hydrogen-bond acceptors (Lipinski definition) is 3. The zero-order chi connectivity index (χ0) is 21.1. The van der Waals surface area contributed by atoms with E-state index in [1.807, 2.05) is 24.3 Å². The van der Waals surface area contributed by atoms with Crippen molar-refractivity contribution in [3.63, 3.8) is 0 Å². The highest BCUT2D eigenvalue weighted by Gasteiger charge is 2.32. The van der Waals surface area contributed by atoms with Crippen molar-refractivity contribution < 1.29 is 18.0 Å². The van der Waals surface area contributed by atoms with Gasteiger partial charge in [0, 0.05) is 5.56 Å². The van der Waals surface area contributed by atoms with Crippen LogP contribution in [0, 0.1) is 0 Å². The number of rotatable bonds is 5. The van der Waals surface area contributed by atoms with Crippen LogP contribution in [0.15, 0.2) is 77.9 Å². The third kappa shape index (κ3) is 4.11. The smallest absolute Gasteiger partial charge is 0.272 e. The lowest BCUT2D eigenvalue weighted by Crippen LogP contribution is -2.20. The Morgan fingerprint density at radius 1 is 0.933 bits per heavy atom. The molecular weight excluding hydrogens is 409 g/mol. The van der Waals surface area contributed by atoms with Gasteiger partial charge in [-0.1, -0.05) is 66.7 Å². The first-order chi connectivity index (χ1) is 14.4. The Kier molecular flexibility index (Phi) is 5.63. The van der Waals surface area contributed by atoms with Crippen LogP contribution >= 0.6 is 11.8 Å². The maximum absolute atomic E-state index is 13.0. The summed E-state index contributed by atoms with van der Waals surface area (Å²) in [5, 5.41) is 3.74. The first-order valence-corrected chi connectivity index (χ1v) is 10.3. The molecule has 3 aromatic rings. The second kappa shape index (κ2) is 8.36. The van der Waals surface area contributed by atoms with Crippen molar-refractivity contribution in [2.45, 2.75) is 11.4 Å². The summed E-state index contributed by atoms with van der Waals surface area (Å²) in [6.45, 7) is 0. The molecule has 0 fully saturated rings. The van der Waals surface area contributed by atoms with E-state index in [1.165, 1.54) is 30.0 Å². The molecule has 3 nitrogen and oxygen atoms in total. The van der Waals surface area contributed by atoms with Crippen LogP contribution in [0.25, 0.3) is 11.1 Å². The van der Waals surface area contributed by atoms with Gasteiger partial charge >= 0.3 is 6.18 Å². The third-order valence-electron chi connectivity index (χ3n) is 4.82. The molecule has 0 aliphatic heterocycles. The van der Waals surface area contributed by atoms with Gasteiger partial charge in [-0.25, -0.2) is 5.43 Å². The molecule has 1 amide bonds. The molecule has 152 valence electrons. The van der Waals surface area contributed by atoms with Crippen LogP contribution in [-0.4, -0.2) is 17.9 Å². The first kappa shape index (κ1) is 20.2. The molecule has 4 rings (SSSR count). The van der Waals surface area contributed by atoms with Crippen molar-refractivity contribution in [2.24, 2.45) is 5.10 Å². The summed E-state index contributed by atoms with van der Waals surface area (Å²) in [4.78, 5) is 12.2. The van der Waals surface area contributed by atoms with E-state index in [4.69, 9.17) is 0 Å². The van der Waals surface area contributed by atoms with Crippen LogP contribution in [0.5, 0.6) is 0 Å². The van der Waals surface area contributed by atoms with E-state index < -0.39 is 11.7 Å². The van der Waals surface area contributed by atoms with Gasteiger partial charge in [-0.15, -0.1) is 11.8 Å². The quantitative estimate of drug-likeness (QED) is 0.423. The van der Waals surface area contributed by atoms with Gasteiger partial charge in [-0.2, -0.15) is 18.3 Å². The SMILES string of the molecule is O=C(CSC1c2ccccc2-c2ccccc21)NN=Cc1ccccc1C(F)(F)F. The molecule has 30 heavy (non-hydrogen) atoms. The molecule has 1 aliphatic rings. The monoisotopic (exact) mass is 426 g/mol. The Labute approximate surface area is 176 Å². The number of alkyl halides is 3. The number of carbonyl (C=O) groups is 1. The summed E-state index contributed by atoms with van der Waals surface area (Å²) >= 11 is 1.47. The van der Waals surface area contributed by atoms with E-state index in [9.17, 15) is 18.0 Å². The summed E-state index contributed by atoms with van der Waals surface area (Å²) in [6.07, 6.45) is -3.46. The zero-order valence-electron chi connectivity index (χ0n) is 15.7. The molecular formula is C23H17F3N2OS. The first-order valence-electron chi connectivity index (χ1n) is 9.23. The number of hydrazone groups is 1. The van der Waals surface area contributed by atoms with Gasteiger partial charge in [-0.05, 0) is 28.3 Å². The van der Waals surface area contributed by atoms with Crippen LogP contribution < -0.4 is 5.43 Å². The normalized spacial score (nSPS) is 13.3. The fraction of sp³-hybridized carbons (Fsp3) is 0.130. The van der Waals surface area contributed by atoms with Gasteiger partial charge in [0.05, 0.1) is 22.8 Å². The highest BCUT2D eigenvalue weighted by atomic mass is 32.2. The van der Waals surface area contributed by atoms with Crippen LogP contribution in [-0.2, 0) is 11.0 Å². The average molecular weight is 426 g/mol. The molecule has 0 spiro atoms. The summed E-state index contributed by atoms with van der Waals surface area (Å²) in [7, 11) is 0. The van der Waals surface area contributed by atoms with Crippen molar-refractivity contribution >= 4 is 23.9 Å². The summed E-state index contributed by atoms with van der Waals surface area (Å²) in [6, 6.07) is 21.2. The molecule has 0 atom stereocenters. The van der Waals surface area contributed by atoms with E-state index in [0.717, 1.165) is 34.5 Å². The van der Waals surface area contributed by atoms with Gasteiger partial charge in [0.2, 0.25) is 5.91 Å². The van der Waals surface area contributed by atoms with Gasteiger partial charge in [0.15, 0.2) is 0 Å². The number of nitrogens with one attached hydrogen (secondary N) is 1. The molecule has 1 N–H and O–H groups in total. The molecule has 0 saturated heterocycles. The average Bonchev–Trinajstić information content (AvgIpc) is 3.06. The van der Waals surface area contributed by atoms with Crippen LogP contribution in [0.3, 0.4) is 0 Å². The lowest BCUT2D eigenvalue weighted by molar-refractivity contribution is -0.137. The lowest BCUT2D eigenvalue weighted by atomic mass is 10.1. The van der Waals surface area contributed by atoms with Crippen molar-refractivity contribution in [3.05, 3.63) is 95.1 Å². The van der Waals surface area contributed by atoms with E-state index in [1.54, 1.807) is 0 Å². The maximum Gasteiger partial charge on any atom is 0.417 e. The van der Waals surface area contributed by atoms with E-state index in [2.05, 4.69) is 34.8 Å². The standard InChI is InChI=1S/C23H17F3N2OS/c24-23(25,26)20-12-6-1-7-15(20)13-27-28-21(29)14-30-22-18-10-4-2-8-16(18)17-9-3-5-11-19(17)22/h1-13,22H,14H2,(H,28,29). The number of hydrogen-bond donors (Lipinski definition) is 1. The minimum atomic E-state index is -4.48. The van der Waals surface area contributed by atoms with Gasteiger partial charge in [0.25, 0.3) is 0 Å². The van der Waals surface area contributed by atoms with Gasteiger partial charge < -0.3 is 0 Å². The van der Waals surface area contributed by atoms with Crippen LogP contribution in [0.1, 0.15) is 27.5 Å². The molecule has 0 bridgehead atoms. The largest absolute Gasteiger partial charge is 0.417 e. The van der Waals surface area contributed by atoms with Crippen LogP contribution in [0.4, 0.5) is 13.2 Å². The predicted molar refractivity (Wildman–Crippen MR) is 113 cm³/mol. The van der Waals surface area contributed by atoms with Gasteiger partial charge in [0.1, 0.15) is 0 Å². The van der Waals surface area contributed by atoms with E-state index in [-0.39, 0.29) is 22.5 Å². The number of amides is 1. The summed E-state index contributed by atoms with van der Waals surface area (Å²) in [5.41, 5.74) is 6.05. The Hall–Kier alpha value is -3.06. The minimum Gasteiger partial charge on any atom is -0.272 e. The topological polar surface area (TPSA) is 41.5 Å². The van der Waals surface area contributed by atoms with Crippen molar-refractivity contribution in [3.8, 4) is 11.1 Å². The minimum absolute atomic E-state index is 0.0260. The predicted octanol–water partition coefficient (Wildman–Crippen LogP) is 5.66. The summed E-state index contributed by atoms with van der Waals surface area (Å²) < 4.78 is 39.1. The van der Waals surface area contributed by atoms with Gasteiger partial charge in [-0.3, -0.25) is 4.79 Å². The number of nitrogens with zero attached hydrogens (tertiary/aromatic N) is 1. The second-order valence-corrected chi connectivity index (χ2v) is 7.84. The molecule has 0 radical (unpaired) electrons. The molecule has 1 aliphatic carbocycles. The Morgan fingerprint density at radius 3 is 2.13 bits per heavy atom. The number of halogens is 3. The van der Waals surface area contributed by atoms with Crippen molar-refractivity contribution in [2.75, 3.05) is 5.75 Å². The number of thioether (sulfide) groups is 1. The van der Waals surface area contributed by atoms with E-state index in [0.29, 0.717) is 0 Å². The molecule has 0 saturated carbocycles. The number of fused-ring (bicyclic) bond motifs is 3. The molecule has 0 heterocycles. The summed E-state index contributed by atoms with van der Waals surface area (Å²) in [5.74, 6) is -0.242. The Bertz CT molecular complexity index is 1070. The molecule has 0 aromatic heterocycles. The molecule has 3 aromatic carbocycles. The molecule has 7 heteroatoms. The Morgan fingerprint density at radius 2 is 1.50 bits per heavy atom. The Balaban J connectivity index is 1.41. The highest BCUT2D eigenvalue weighted by Crippen LogP contribution is 2.49. The second-order valence-electron chi connectivity index (χ2n) is 6.74. The molecule has 0 unspecified atom stereocenters. The van der Waals surface area contributed by atoms with E-state index >= 15 is 0 Å². The fourth-order valence-electron chi connectivity index (χ4n) is 3.52. The third-order valence-corrected chi connectivity index (χ3v) is 6.09. The van der Waals surface area contributed by atoms with Crippen LogP contribution in [0.2, 0.25) is 0 Å². The zero-order valence-corrected chi connectivity index (χ0v) is 16.5. The van der Waals surface area contributed by atoms with Crippen molar-refractivity contribution in [1.82, 2.24) is 5.43 Å². The lowest BCUT2D eigenvalue weighted by Gasteiger charge is -2.12. The number of benzene rings is 3.